The molecule has 1 amide bonds. The lowest BCUT2D eigenvalue weighted by atomic mass is 10.2. The average Bonchev–Trinajstić information content (AvgIpc) is 2.63. The Bertz CT molecular complexity index is 804. The van der Waals surface area contributed by atoms with Gasteiger partial charge in [0, 0.05) is 4.90 Å². The molecule has 0 radical (unpaired) electrons. The van der Waals surface area contributed by atoms with Crippen LogP contribution in [0.3, 0.4) is 0 Å². The molecule has 6 heteroatoms. The summed E-state index contributed by atoms with van der Waals surface area (Å²) in [5.74, 6) is -0.282. The fourth-order valence-electron chi connectivity index (χ4n) is 2.35. The van der Waals surface area contributed by atoms with Gasteiger partial charge in [-0.3, -0.25) is 9.59 Å². The van der Waals surface area contributed by atoms with Gasteiger partial charge in [-0.05, 0) is 57.5 Å². The molecule has 0 saturated heterocycles. The minimum absolute atomic E-state index is 0.403. The van der Waals surface area contributed by atoms with Crippen LogP contribution in [0.1, 0.15) is 25.0 Å². The first-order chi connectivity index (χ1) is 12.8. The smallest absolute Gasteiger partial charge is 0.319 e. The van der Waals surface area contributed by atoms with Crippen LogP contribution in [0.5, 0.6) is 5.75 Å². The van der Waals surface area contributed by atoms with E-state index in [1.807, 2.05) is 44.2 Å². The van der Waals surface area contributed by atoms with Gasteiger partial charge in [0.25, 0.3) is 5.91 Å². The highest BCUT2D eigenvalue weighted by Crippen LogP contribution is 2.26. The summed E-state index contributed by atoms with van der Waals surface area (Å²) in [5, 5.41) is 2.33. The number of esters is 1. The number of benzene rings is 2. The van der Waals surface area contributed by atoms with E-state index in [2.05, 4.69) is 5.32 Å². The Labute approximate surface area is 164 Å². The highest BCUT2D eigenvalue weighted by Gasteiger charge is 2.23. The Morgan fingerprint density at radius 2 is 1.63 bits per heavy atom. The molecule has 0 heterocycles. The number of nitrogens with one attached hydrogen (secondary N) is 1. The van der Waals surface area contributed by atoms with Gasteiger partial charge in [-0.2, -0.15) is 0 Å². The van der Waals surface area contributed by atoms with E-state index >= 15 is 0 Å². The van der Waals surface area contributed by atoms with Crippen LogP contribution in [0, 0.1) is 13.8 Å². The lowest BCUT2D eigenvalue weighted by Gasteiger charge is -2.17. The summed E-state index contributed by atoms with van der Waals surface area (Å²) in [7, 11) is 1.54. The Morgan fingerprint density at radius 3 is 2.26 bits per heavy atom. The molecule has 0 aliphatic heterocycles. The SMILES string of the molecule is COc1ccc(C)cc1NC(=O)[C@H](C)OC(=O)[C@@H](C)Sc1ccc(C)cc1. The number of anilines is 1. The van der Waals surface area contributed by atoms with Crippen molar-refractivity contribution >= 4 is 29.3 Å². The van der Waals surface area contributed by atoms with Crippen molar-refractivity contribution in [1.82, 2.24) is 0 Å². The van der Waals surface area contributed by atoms with Crippen LogP contribution in [0.2, 0.25) is 0 Å². The van der Waals surface area contributed by atoms with E-state index in [-0.39, 0.29) is 0 Å². The van der Waals surface area contributed by atoms with Crippen LogP contribution in [-0.4, -0.2) is 30.3 Å². The molecule has 2 rings (SSSR count). The average molecular weight is 388 g/mol. The number of hydrogen-bond acceptors (Lipinski definition) is 5. The van der Waals surface area contributed by atoms with Gasteiger partial charge in [0.15, 0.2) is 6.10 Å². The van der Waals surface area contributed by atoms with Crippen molar-refractivity contribution < 1.29 is 19.1 Å². The van der Waals surface area contributed by atoms with E-state index in [0.717, 1.165) is 16.0 Å². The summed E-state index contributed by atoms with van der Waals surface area (Å²) in [6.45, 7) is 7.25. The van der Waals surface area contributed by atoms with Crippen molar-refractivity contribution in [3.63, 3.8) is 0 Å². The summed E-state index contributed by atoms with van der Waals surface area (Å²) in [6.07, 6.45) is -0.913. The standard InChI is InChI=1S/C21H25NO4S/c1-13-6-9-17(10-7-13)27-16(4)21(24)26-15(3)20(23)22-18-12-14(2)8-11-19(18)25-5/h6-12,15-16H,1-5H3,(H,22,23)/t15-,16+/m0/s1. The summed E-state index contributed by atoms with van der Waals surface area (Å²) in [6, 6.07) is 13.4. The number of ether oxygens (including phenoxy) is 2. The summed E-state index contributed by atoms with van der Waals surface area (Å²) < 4.78 is 10.6. The number of methoxy groups -OCH3 is 1. The van der Waals surface area contributed by atoms with Crippen LogP contribution in [0.15, 0.2) is 47.4 Å². The number of carbonyl (C=O) groups is 2. The lowest BCUT2D eigenvalue weighted by molar-refractivity contribution is -0.152. The van der Waals surface area contributed by atoms with Gasteiger partial charge in [0.05, 0.1) is 12.8 Å². The number of rotatable bonds is 7. The molecular formula is C21H25NO4S. The molecule has 27 heavy (non-hydrogen) atoms. The molecule has 0 bridgehead atoms. The maximum Gasteiger partial charge on any atom is 0.319 e. The van der Waals surface area contributed by atoms with Crippen molar-refractivity contribution in [1.29, 1.82) is 0 Å². The van der Waals surface area contributed by atoms with Gasteiger partial charge in [0.2, 0.25) is 0 Å². The molecule has 144 valence electrons. The Morgan fingerprint density at radius 1 is 1.00 bits per heavy atom. The molecule has 0 aliphatic carbocycles. The van der Waals surface area contributed by atoms with E-state index in [9.17, 15) is 9.59 Å². The number of thioether (sulfide) groups is 1. The van der Waals surface area contributed by atoms with E-state index < -0.39 is 23.2 Å². The second-order valence-corrected chi connectivity index (χ2v) is 7.76. The van der Waals surface area contributed by atoms with E-state index in [0.29, 0.717) is 11.4 Å². The van der Waals surface area contributed by atoms with Gasteiger partial charge >= 0.3 is 5.97 Å². The highest BCUT2D eigenvalue weighted by atomic mass is 32.2. The van der Waals surface area contributed by atoms with Gasteiger partial charge in [-0.15, -0.1) is 11.8 Å². The van der Waals surface area contributed by atoms with E-state index in [4.69, 9.17) is 9.47 Å². The van der Waals surface area contributed by atoms with E-state index in [1.165, 1.54) is 18.9 Å². The second-order valence-electron chi connectivity index (χ2n) is 6.35. The maximum absolute atomic E-state index is 12.4. The largest absolute Gasteiger partial charge is 0.495 e. The molecule has 2 atom stereocenters. The van der Waals surface area contributed by atoms with Crippen molar-refractivity contribution in [3.8, 4) is 5.75 Å². The zero-order valence-electron chi connectivity index (χ0n) is 16.2. The molecule has 5 nitrogen and oxygen atoms in total. The van der Waals surface area contributed by atoms with Gasteiger partial charge in [0.1, 0.15) is 11.0 Å². The molecule has 1 N–H and O–H groups in total. The van der Waals surface area contributed by atoms with Crippen molar-refractivity contribution in [2.45, 2.75) is 43.9 Å². The van der Waals surface area contributed by atoms with Crippen LogP contribution < -0.4 is 10.1 Å². The quantitative estimate of drug-likeness (QED) is 0.565. The Hall–Kier alpha value is -2.47. The summed E-state index contributed by atoms with van der Waals surface area (Å²) in [5.41, 5.74) is 2.69. The number of carbonyl (C=O) groups excluding carboxylic acids is 2. The molecule has 0 fully saturated rings. The zero-order chi connectivity index (χ0) is 20.0. The fraction of sp³-hybridized carbons (Fsp3) is 0.333. The summed E-state index contributed by atoms with van der Waals surface area (Å²) in [4.78, 5) is 25.7. The molecule has 2 aromatic rings. The molecule has 0 unspecified atom stereocenters. The predicted octanol–water partition coefficient (Wildman–Crippen LogP) is 4.36. The number of hydrogen-bond donors (Lipinski definition) is 1. The topological polar surface area (TPSA) is 64.6 Å². The molecule has 0 aromatic heterocycles. The second kappa shape index (κ2) is 9.46. The minimum atomic E-state index is -0.913. The molecule has 0 spiro atoms. The molecule has 2 aromatic carbocycles. The van der Waals surface area contributed by atoms with Crippen molar-refractivity contribution in [3.05, 3.63) is 53.6 Å². The third-order valence-corrected chi connectivity index (χ3v) is 5.03. The van der Waals surface area contributed by atoms with Crippen LogP contribution in [0.4, 0.5) is 5.69 Å². The third-order valence-electron chi connectivity index (χ3n) is 3.94. The van der Waals surface area contributed by atoms with Gasteiger partial charge in [-0.1, -0.05) is 23.8 Å². The lowest BCUT2D eigenvalue weighted by Crippen LogP contribution is -2.32. The first-order valence-corrected chi connectivity index (χ1v) is 9.57. The van der Waals surface area contributed by atoms with Crippen molar-refractivity contribution in [2.24, 2.45) is 0 Å². The number of amides is 1. The Kier molecular flexibility index (Phi) is 7.30. The van der Waals surface area contributed by atoms with Gasteiger partial charge in [-0.25, -0.2) is 0 Å². The molecular weight excluding hydrogens is 362 g/mol. The number of aryl methyl sites for hydroxylation is 2. The molecule has 0 saturated carbocycles. The minimum Gasteiger partial charge on any atom is -0.495 e. The Balaban J connectivity index is 1.94. The normalized spacial score (nSPS) is 12.8. The first-order valence-electron chi connectivity index (χ1n) is 8.69. The third kappa shape index (κ3) is 6.03. The maximum atomic E-state index is 12.4. The van der Waals surface area contributed by atoms with Crippen molar-refractivity contribution in [2.75, 3.05) is 12.4 Å². The van der Waals surface area contributed by atoms with Gasteiger partial charge < -0.3 is 14.8 Å². The molecule has 0 aliphatic rings. The van der Waals surface area contributed by atoms with E-state index in [1.54, 1.807) is 26.0 Å². The summed E-state index contributed by atoms with van der Waals surface area (Å²) >= 11 is 1.40. The monoisotopic (exact) mass is 387 g/mol. The fourth-order valence-corrected chi connectivity index (χ4v) is 3.20. The first kappa shape index (κ1) is 20.8. The van der Waals surface area contributed by atoms with Crippen LogP contribution in [0.25, 0.3) is 0 Å². The zero-order valence-corrected chi connectivity index (χ0v) is 17.1. The highest BCUT2D eigenvalue weighted by molar-refractivity contribution is 8.00. The van der Waals surface area contributed by atoms with Crippen LogP contribution in [-0.2, 0) is 14.3 Å². The predicted molar refractivity (Wildman–Crippen MR) is 108 cm³/mol. The van der Waals surface area contributed by atoms with Crippen LogP contribution >= 0.6 is 11.8 Å².